The van der Waals surface area contributed by atoms with Crippen LogP contribution in [0.5, 0.6) is 0 Å². The van der Waals surface area contributed by atoms with Crippen molar-refractivity contribution < 1.29 is 28.7 Å². The second-order valence-corrected chi connectivity index (χ2v) is 5.59. The maximum absolute atomic E-state index is 11.4. The maximum Gasteiger partial charge on any atom is 0.505 e. The SMILES string of the molecule is NCC1(CC(=O)OOP(=O)(O)O)CCCCC1. The molecule has 0 aromatic heterocycles. The van der Waals surface area contributed by atoms with Gasteiger partial charge in [-0.1, -0.05) is 23.9 Å². The molecule has 0 saturated heterocycles. The highest BCUT2D eigenvalue weighted by atomic mass is 31.2. The van der Waals surface area contributed by atoms with E-state index in [1.807, 2.05) is 0 Å². The van der Waals surface area contributed by atoms with Gasteiger partial charge in [0.1, 0.15) is 0 Å². The average Bonchev–Trinajstić information content (AvgIpc) is 2.27. The summed E-state index contributed by atoms with van der Waals surface area (Å²) in [5.74, 6) is -0.791. The normalized spacial score (nSPS) is 19.9. The highest BCUT2D eigenvalue weighted by molar-refractivity contribution is 7.46. The molecule has 0 aromatic carbocycles. The van der Waals surface area contributed by atoms with Crippen LogP contribution in [0.4, 0.5) is 0 Å². The van der Waals surface area contributed by atoms with E-state index in [0.29, 0.717) is 6.54 Å². The third kappa shape index (κ3) is 5.14. The third-order valence-corrected chi connectivity index (χ3v) is 3.36. The molecule has 8 heteroatoms. The first-order valence-corrected chi connectivity index (χ1v) is 7.05. The lowest BCUT2D eigenvalue weighted by Gasteiger charge is -2.34. The summed E-state index contributed by atoms with van der Waals surface area (Å²) < 4.78 is 14.0. The second kappa shape index (κ2) is 5.93. The fourth-order valence-corrected chi connectivity index (χ4v) is 2.36. The zero-order chi connectivity index (χ0) is 12.9. The van der Waals surface area contributed by atoms with Crippen molar-refractivity contribution >= 4 is 13.8 Å². The minimum absolute atomic E-state index is 0.0312. The molecule has 1 aliphatic rings. The lowest BCUT2D eigenvalue weighted by atomic mass is 9.72. The van der Waals surface area contributed by atoms with Gasteiger partial charge < -0.3 is 15.5 Å². The number of rotatable bonds is 5. The molecule has 0 heterocycles. The lowest BCUT2D eigenvalue weighted by Crippen LogP contribution is -2.35. The Bertz CT molecular complexity index is 309. The van der Waals surface area contributed by atoms with Crippen molar-refractivity contribution in [2.75, 3.05) is 6.54 Å². The van der Waals surface area contributed by atoms with E-state index in [1.54, 1.807) is 0 Å². The summed E-state index contributed by atoms with van der Waals surface area (Å²) in [4.78, 5) is 32.2. The molecule has 0 aliphatic heterocycles. The van der Waals surface area contributed by atoms with E-state index in [0.717, 1.165) is 32.1 Å². The highest BCUT2D eigenvalue weighted by Crippen LogP contribution is 2.40. The first kappa shape index (κ1) is 14.6. The number of carbonyl (C=O) groups excluding carboxylic acids is 1. The largest absolute Gasteiger partial charge is 0.505 e. The molecule has 100 valence electrons. The average molecular weight is 267 g/mol. The summed E-state index contributed by atoms with van der Waals surface area (Å²) in [6.07, 6.45) is 4.82. The van der Waals surface area contributed by atoms with Gasteiger partial charge in [-0.15, -0.1) is 0 Å². The molecular formula is C9H18NO6P. The van der Waals surface area contributed by atoms with Crippen LogP contribution in [0.3, 0.4) is 0 Å². The summed E-state index contributed by atoms with van der Waals surface area (Å²) in [6, 6.07) is 0. The molecule has 0 unspecified atom stereocenters. The molecule has 4 N–H and O–H groups in total. The number of carbonyl (C=O) groups is 1. The zero-order valence-electron chi connectivity index (χ0n) is 9.50. The minimum Gasteiger partial charge on any atom is -0.330 e. The van der Waals surface area contributed by atoms with Gasteiger partial charge >= 0.3 is 13.8 Å². The molecule has 1 aliphatic carbocycles. The molecule has 0 spiro atoms. The Kier molecular flexibility index (Phi) is 5.09. The van der Waals surface area contributed by atoms with Crippen LogP contribution in [0.25, 0.3) is 0 Å². The van der Waals surface area contributed by atoms with E-state index < -0.39 is 13.8 Å². The topological polar surface area (TPSA) is 119 Å². The Morgan fingerprint density at radius 2 is 1.88 bits per heavy atom. The molecule has 1 saturated carbocycles. The Morgan fingerprint density at radius 3 is 2.35 bits per heavy atom. The van der Waals surface area contributed by atoms with Crippen molar-refractivity contribution in [2.24, 2.45) is 11.1 Å². The number of nitrogens with two attached hydrogens (primary N) is 1. The monoisotopic (exact) mass is 267 g/mol. The van der Waals surface area contributed by atoms with Crippen LogP contribution < -0.4 is 5.73 Å². The van der Waals surface area contributed by atoms with Crippen molar-refractivity contribution in [3.63, 3.8) is 0 Å². The Labute approximate surface area is 99.4 Å². The van der Waals surface area contributed by atoms with Gasteiger partial charge in [-0.3, -0.25) is 4.89 Å². The molecule has 0 amide bonds. The maximum atomic E-state index is 11.4. The molecular weight excluding hydrogens is 249 g/mol. The molecule has 17 heavy (non-hydrogen) atoms. The van der Waals surface area contributed by atoms with Crippen LogP contribution in [0.1, 0.15) is 38.5 Å². The first-order valence-electron chi connectivity index (χ1n) is 5.52. The van der Waals surface area contributed by atoms with Crippen LogP contribution in [-0.2, 0) is 18.9 Å². The second-order valence-electron chi connectivity index (χ2n) is 4.46. The summed E-state index contributed by atoms with van der Waals surface area (Å²) in [5, 5.41) is 0. The van der Waals surface area contributed by atoms with Crippen molar-refractivity contribution in [2.45, 2.75) is 38.5 Å². The van der Waals surface area contributed by atoms with E-state index in [9.17, 15) is 9.36 Å². The minimum atomic E-state index is -4.78. The predicted octanol–water partition coefficient (Wildman–Crippen LogP) is 0.853. The van der Waals surface area contributed by atoms with Crippen LogP contribution in [0.2, 0.25) is 0 Å². The van der Waals surface area contributed by atoms with Crippen molar-refractivity contribution in [3.05, 3.63) is 0 Å². The van der Waals surface area contributed by atoms with E-state index in [2.05, 4.69) is 9.56 Å². The molecule has 0 bridgehead atoms. The van der Waals surface area contributed by atoms with Gasteiger partial charge in [-0.2, -0.15) is 0 Å². The van der Waals surface area contributed by atoms with E-state index in [-0.39, 0.29) is 11.8 Å². The van der Waals surface area contributed by atoms with Crippen LogP contribution >= 0.6 is 7.82 Å². The summed E-state index contributed by atoms with van der Waals surface area (Å²) >= 11 is 0. The zero-order valence-corrected chi connectivity index (χ0v) is 10.4. The molecule has 7 nitrogen and oxygen atoms in total. The van der Waals surface area contributed by atoms with E-state index >= 15 is 0 Å². The van der Waals surface area contributed by atoms with Crippen molar-refractivity contribution in [3.8, 4) is 0 Å². The van der Waals surface area contributed by atoms with Crippen LogP contribution in [-0.4, -0.2) is 22.3 Å². The summed E-state index contributed by atoms with van der Waals surface area (Å²) in [5.41, 5.74) is 5.35. The molecule has 1 fully saturated rings. The van der Waals surface area contributed by atoms with Gasteiger partial charge in [0.15, 0.2) is 0 Å². The quantitative estimate of drug-likeness (QED) is 0.384. The van der Waals surface area contributed by atoms with Crippen LogP contribution in [0, 0.1) is 5.41 Å². The standard InChI is InChI=1S/C9H18NO6P/c10-7-9(4-2-1-3-5-9)6-8(11)15-16-17(12,13)14/h1-7,10H2,(H2,12,13,14). The fourth-order valence-electron chi connectivity index (χ4n) is 2.18. The van der Waals surface area contributed by atoms with Gasteiger partial charge in [0.2, 0.25) is 0 Å². The van der Waals surface area contributed by atoms with Gasteiger partial charge in [0.25, 0.3) is 0 Å². The summed E-state index contributed by atoms with van der Waals surface area (Å²) in [6.45, 7) is 0.359. The smallest absolute Gasteiger partial charge is 0.330 e. The first-order chi connectivity index (χ1) is 7.87. The van der Waals surface area contributed by atoms with Crippen molar-refractivity contribution in [1.29, 1.82) is 0 Å². The number of hydrogen-bond acceptors (Lipinski definition) is 5. The number of hydrogen-bond donors (Lipinski definition) is 3. The van der Waals surface area contributed by atoms with E-state index in [1.165, 1.54) is 0 Å². The predicted molar refractivity (Wildman–Crippen MR) is 58.4 cm³/mol. The fraction of sp³-hybridized carbons (Fsp3) is 0.889. The molecule has 1 rings (SSSR count). The van der Waals surface area contributed by atoms with Gasteiger partial charge in [0.05, 0.1) is 6.42 Å². The lowest BCUT2D eigenvalue weighted by molar-refractivity contribution is -0.225. The molecule has 0 aromatic rings. The Morgan fingerprint density at radius 1 is 1.29 bits per heavy atom. The van der Waals surface area contributed by atoms with Crippen LogP contribution in [0.15, 0.2) is 0 Å². The Balaban J connectivity index is 2.45. The molecule has 0 radical (unpaired) electrons. The van der Waals surface area contributed by atoms with Gasteiger partial charge in [0, 0.05) is 0 Å². The Hall–Kier alpha value is -0.460. The van der Waals surface area contributed by atoms with Gasteiger partial charge in [-0.05, 0) is 24.8 Å². The summed E-state index contributed by atoms with van der Waals surface area (Å²) in [7, 11) is -4.78. The van der Waals surface area contributed by atoms with E-state index in [4.69, 9.17) is 15.5 Å². The molecule has 0 atom stereocenters. The highest BCUT2D eigenvalue weighted by Gasteiger charge is 2.34. The third-order valence-electron chi connectivity index (χ3n) is 3.09. The number of phosphoric acid groups is 1. The van der Waals surface area contributed by atoms with Gasteiger partial charge in [-0.25, -0.2) is 9.36 Å². The van der Waals surface area contributed by atoms with Crippen molar-refractivity contribution in [1.82, 2.24) is 0 Å².